The van der Waals surface area contributed by atoms with Crippen LogP contribution >= 0.6 is 0 Å². The van der Waals surface area contributed by atoms with Crippen molar-refractivity contribution in [1.82, 2.24) is 10.2 Å². The van der Waals surface area contributed by atoms with Crippen molar-refractivity contribution >= 4 is 17.4 Å². The lowest BCUT2D eigenvalue weighted by Crippen LogP contribution is -2.45. The highest BCUT2D eigenvalue weighted by Gasteiger charge is 2.25. The number of benzene rings is 3. The van der Waals surface area contributed by atoms with Gasteiger partial charge in [-0.1, -0.05) is 54.6 Å². The third-order valence-electron chi connectivity index (χ3n) is 7.09. The third-order valence-corrected chi connectivity index (χ3v) is 7.09. The van der Waals surface area contributed by atoms with E-state index in [4.69, 9.17) is 0 Å². The summed E-state index contributed by atoms with van der Waals surface area (Å²) in [5.74, 6) is -0.114. The third kappa shape index (κ3) is 4.75. The molecule has 2 aliphatic rings. The normalized spacial score (nSPS) is 18.3. The summed E-state index contributed by atoms with van der Waals surface area (Å²) in [6.07, 6.45) is 2.77. The first kappa shape index (κ1) is 22.4. The van der Waals surface area contributed by atoms with E-state index in [-0.39, 0.29) is 17.7 Å². The number of likely N-dealkylation sites (N-methyl/N-ethyl adjacent to an activating group) is 1. The van der Waals surface area contributed by atoms with Crippen LogP contribution in [0.1, 0.15) is 43.8 Å². The van der Waals surface area contributed by atoms with Gasteiger partial charge in [0.25, 0.3) is 5.91 Å². The summed E-state index contributed by atoms with van der Waals surface area (Å²) in [6, 6.07) is 22.9. The predicted octanol–water partition coefficient (Wildman–Crippen LogP) is 3.96. The minimum atomic E-state index is -0.0794. The zero-order chi connectivity index (χ0) is 23.5. The van der Waals surface area contributed by atoms with Gasteiger partial charge in [-0.3, -0.25) is 9.59 Å². The highest BCUT2D eigenvalue weighted by atomic mass is 16.1. The van der Waals surface area contributed by atoms with Crippen LogP contribution in [0.3, 0.4) is 0 Å². The van der Waals surface area contributed by atoms with Gasteiger partial charge >= 0.3 is 0 Å². The molecule has 1 aliphatic heterocycles. The standard InChI is InChI=1S/C29H31N3O2/c1-31-16-18-32(19-17-31)27-9-5-8-21-14-15-25(20-26(21)27)30-29(34)24-12-10-23(11-13-24)28(33)22-6-3-2-4-7-22/h2-13,25H,14-20H2,1H3,(H,30,34). The molecule has 1 saturated heterocycles. The van der Waals surface area contributed by atoms with Gasteiger partial charge in [0.1, 0.15) is 0 Å². The van der Waals surface area contributed by atoms with Crippen molar-refractivity contribution in [3.8, 4) is 0 Å². The molecule has 1 fully saturated rings. The molecule has 0 spiro atoms. The Morgan fingerprint density at radius 2 is 1.47 bits per heavy atom. The van der Waals surface area contributed by atoms with E-state index < -0.39 is 0 Å². The Morgan fingerprint density at radius 1 is 0.794 bits per heavy atom. The molecular formula is C29H31N3O2. The number of hydrogen-bond donors (Lipinski definition) is 1. The first-order valence-corrected chi connectivity index (χ1v) is 12.1. The van der Waals surface area contributed by atoms with Gasteiger partial charge in [0.15, 0.2) is 5.78 Å². The zero-order valence-electron chi connectivity index (χ0n) is 19.7. The fourth-order valence-electron chi connectivity index (χ4n) is 5.03. The second-order valence-corrected chi connectivity index (χ2v) is 9.39. The van der Waals surface area contributed by atoms with Crippen molar-refractivity contribution < 1.29 is 9.59 Å². The maximum atomic E-state index is 13.0. The summed E-state index contributed by atoms with van der Waals surface area (Å²) in [5, 5.41) is 3.24. The number of carbonyl (C=O) groups excluding carboxylic acids is 2. The Hall–Kier alpha value is -3.44. The van der Waals surface area contributed by atoms with Crippen LogP contribution in [0.25, 0.3) is 0 Å². The molecule has 0 bridgehead atoms. The van der Waals surface area contributed by atoms with E-state index in [9.17, 15) is 9.59 Å². The molecule has 1 atom stereocenters. The monoisotopic (exact) mass is 453 g/mol. The molecule has 5 heteroatoms. The largest absolute Gasteiger partial charge is 0.369 e. The highest BCUT2D eigenvalue weighted by Crippen LogP contribution is 2.31. The molecular weight excluding hydrogens is 422 g/mol. The van der Waals surface area contributed by atoms with Gasteiger partial charge in [-0.25, -0.2) is 0 Å². The molecule has 1 unspecified atom stereocenters. The molecule has 0 aromatic heterocycles. The number of aryl methyl sites for hydroxylation is 1. The van der Waals surface area contributed by atoms with E-state index >= 15 is 0 Å². The lowest BCUT2D eigenvalue weighted by atomic mass is 9.86. The van der Waals surface area contributed by atoms with E-state index in [0.29, 0.717) is 16.7 Å². The molecule has 5 rings (SSSR count). The summed E-state index contributed by atoms with van der Waals surface area (Å²) in [5.41, 5.74) is 5.94. The molecule has 1 aliphatic carbocycles. The molecule has 1 amide bonds. The number of ketones is 1. The van der Waals surface area contributed by atoms with E-state index in [1.807, 2.05) is 18.2 Å². The van der Waals surface area contributed by atoms with Crippen LogP contribution in [0.4, 0.5) is 5.69 Å². The van der Waals surface area contributed by atoms with Crippen molar-refractivity contribution in [3.05, 3.63) is 101 Å². The van der Waals surface area contributed by atoms with Gasteiger partial charge in [0.05, 0.1) is 0 Å². The molecule has 1 N–H and O–H groups in total. The summed E-state index contributed by atoms with van der Waals surface area (Å²) < 4.78 is 0. The molecule has 174 valence electrons. The van der Waals surface area contributed by atoms with Crippen LogP contribution in [0.15, 0.2) is 72.8 Å². The second-order valence-electron chi connectivity index (χ2n) is 9.39. The van der Waals surface area contributed by atoms with Crippen LogP contribution in [0, 0.1) is 0 Å². The van der Waals surface area contributed by atoms with Gasteiger partial charge < -0.3 is 15.1 Å². The fraction of sp³-hybridized carbons (Fsp3) is 0.310. The Balaban J connectivity index is 1.26. The maximum absolute atomic E-state index is 13.0. The molecule has 0 radical (unpaired) electrons. The smallest absolute Gasteiger partial charge is 0.251 e. The summed E-state index contributed by atoms with van der Waals surface area (Å²) >= 11 is 0. The first-order valence-electron chi connectivity index (χ1n) is 12.1. The number of anilines is 1. The summed E-state index contributed by atoms with van der Waals surface area (Å²) in [6.45, 7) is 4.23. The average Bonchev–Trinajstić information content (AvgIpc) is 2.89. The van der Waals surface area contributed by atoms with Crippen molar-refractivity contribution in [2.24, 2.45) is 0 Å². The number of hydrogen-bond acceptors (Lipinski definition) is 4. The van der Waals surface area contributed by atoms with Crippen LogP contribution in [-0.4, -0.2) is 55.9 Å². The summed E-state index contributed by atoms with van der Waals surface area (Å²) in [4.78, 5) is 30.5. The van der Waals surface area contributed by atoms with Gasteiger partial charge in [0.2, 0.25) is 0 Å². The quantitative estimate of drug-likeness (QED) is 0.595. The molecule has 34 heavy (non-hydrogen) atoms. The molecule has 0 saturated carbocycles. The zero-order valence-corrected chi connectivity index (χ0v) is 19.7. The Kier molecular flexibility index (Phi) is 6.45. The number of nitrogens with zero attached hydrogens (tertiary/aromatic N) is 2. The minimum Gasteiger partial charge on any atom is -0.369 e. The molecule has 3 aromatic rings. The number of piperazine rings is 1. The van der Waals surface area contributed by atoms with E-state index in [1.54, 1.807) is 36.4 Å². The number of nitrogens with one attached hydrogen (secondary N) is 1. The Bertz CT molecular complexity index is 1170. The number of amides is 1. The van der Waals surface area contributed by atoms with Crippen molar-refractivity contribution in [1.29, 1.82) is 0 Å². The predicted molar refractivity (Wildman–Crippen MR) is 136 cm³/mol. The van der Waals surface area contributed by atoms with E-state index in [0.717, 1.165) is 45.4 Å². The van der Waals surface area contributed by atoms with Crippen LogP contribution in [0.5, 0.6) is 0 Å². The van der Waals surface area contributed by atoms with Gasteiger partial charge in [-0.15, -0.1) is 0 Å². The lowest BCUT2D eigenvalue weighted by Gasteiger charge is -2.37. The SMILES string of the molecule is CN1CCN(c2cccc3c2CC(NC(=O)c2ccc(C(=O)c4ccccc4)cc2)CC3)CC1. The minimum absolute atomic E-state index is 0.0344. The van der Waals surface area contributed by atoms with E-state index in [2.05, 4.69) is 40.4 Å². The highest BCUT2D eigenvalue weighted by molar-refractivity contribution is 6.09. The lowest BCUT2D eigenvalue weighted by molar-refractivity contribution is 0.0932. The van der Waals surface area contributed by atoms with E-state index in [1.165, 1.54) is 16.8 Å². The van der Waals surface area contributed by atoms with Gasteiger partial charge in [-0.05, 0) is 55.6 Å². The van der Waals surface area contributed by atoms with Crippen LogP contribution in [-0.2, 0) is 12.8 Å². The molecule has 3 aromatic carbocycles. The Morgan fingerprint density at radius 3 is 2.21 bits per heavy atom. The second kappa shape index (κ2) is 9.82. The number of fused-ring (bicyclic) bond motifs is 1. The van der Waals surface area contributed by atoms with Crippen molar-refractivity contribution in [2.45, 2.75) is 25.3 Å². The fourth-order valence-corrected chi connectivity index (χ4v) is 5.03. The topological polar surface area (TPSA) is 52.6 Å². The van der Waals surface area contributed by atoms with Crippen LogP contribution in [0.2, 0.25) is 0 Å². The van der Waals surface area contributed by atoms with Crippen molar-refractivity contribution in [2.75, 3.05) is 38.1 Å². The van der Waals surface area contributed by atoms with Crippen LogP contribution < -0.4 is 10.2 Å². The molecule has 5 nitrogen and oxygen atoms in total. The molecule has 1 heterocycles. The van der Waals surface area contributed by atoms with Gasteiger partial charge in [0, 0.05) is 54.6 Å². The Labute approximate surface area is 201 Å². The van der Waals surface area contributed by atoms with Crippen molar-refractivity contribution in [3.63, 3.8) is 0 Å². The van der Waals surface area contributed by atoms with Gasteiger partial charge in [-0.2, -0.15) is 0 Å². The summed E-state index contributed by atoms with van der Waals surface area (Å²) in [7, 11) is 2.17. The number of carbonyl (C=O) groups is 2. The average molecular weight is 454 g/mol. The maximum Gasteiger partial charge on any atom is 0.251 e. The number of rotatable bonds is 5. The first-order chi connectivity index (χ1) is 16.6.